The zero-order valence-corrected chi connectivity index (χ0v) is 19.1. The molecule has 0 amide bonds. The molecule has 2 aromatic carbocycles. The van der Waals surface area contributed by atoms with E-state index >= 15 is 0 Å². The van der Waals surface area contributed by atoms with Gasteiger partial charge in [0.1, 0.15) is 17.6 Å². The molecule has 4 heteroatoms. The molecule has 2 fully saturated rings. The van der Waals surface area contributed by atoms with Crippen LogP contribution in [0.4, 0.5) is 0 Å². The van der Waals surface area contributed by atoms with Gasteiger partial charge in [-0.15, -0.1) is 0 Å². The van der Waals surface area contributed by atoms with Gasteiger partial charge in [0.2, 0.25) is 0 Å². The highest BCUT2D eigenvalue weighted by molar-refractivity contribution is 5.72. The number of benzene rings is 2. The zero-order valence-electron chi connectivity index (χ0n) is 19.1. The average Bonchev–Trinajstić information content (AvgIpc) is 3.28. The Hall–Kier alpha value is -2.46. The molecule has 0 saturated carbocycles. The van der Waals surface area contributed by atoms with E-state index in [1.165, 1.54) is 40.1 Å². The number of hydrogen-bond acceptors (Lipinski definition) is 4. The van der Waals surface area contributed by atoms with Gasteiger partial charge in [-0.3, -0.25) is 0 Å². The molecule has 2 saturated heterocycles. The summed E-state index contributed by atoms with van der Waals surface area (Å²) in [5, 5.41) is 2.73. The molecule has 3 aliphatic rings. The Kier molecular flexibility index (Phi) is 5.66. The number of nitrogens with zero attached hydrogens (tertiary/aromatic N) is 2. The largest absolute Gasteiger partial charge is 0.497 e. The van der Waals surface area contributed by atoms with Crippen LogP contribution < -0.4 is 19.9 Å². The summed E-state index contributed by atoms with van der Waals surface area (Å²) in [5.74, 6) is 1.93. The minimum Gasteiger partial charge on any atom is -0.497 e. The average molecular weight is 419 g/mol. The number of hydrogen-bond donors (Lipinski definition) is 0. The molecule has 0 aromatic heterocycles. The molecule has 3 aliphatic heterocycles. The molecule has 3 heterocycles. The first-order valence-corrected chi connectivity index (χ1v) is 11.8. The Balaban J connectivity index is 1.47. The third-order valence-corrected chi connectivity index (χ3v) is 7.15. The smallest absolute Gasteiger partial charge is 0.120 e. The van der Waals surface area contributed by atoms with Crippen molar-refractivity contribution in [2.24, 2.45) is 0 Å². The molecule has 0 bridgehead atoms. The van der Waals surface area contributed by atoms with Crippen LogP contribution in [0.1, 0.15) is 45.1 Å². The van der Waals surface area contributed by atoms with Gasteiger partial charge in [0.15, 0.2) is 0 Å². The van der Waals surface area contributed by atoms with Gasteiger partial charge in [-0.2, -0.15) is 0 Å². The van der Waals surface area contributed by atoms with E-state index in [1.54, 1.807) is 7.11 Å². The summed E-state index contributed by atoms with van der Waals surface area (Å²) in [5.41, 5.74) is 4.18. The van der Waals surface area contributed by atoms with Crippen LogP contribution in [0.3, 0.4) is 0 Å². The minimum atomic E-state index is 0.325. The van der Waals surface area contributed by atoms with Crippen LogP contribution >= 0.6 is 0 Å². The second-order valence-electron chi connectivity index (χ2n) is 9.33. The minimum absolute atomic E-state index is 0.325. The van der Waals surface area contributed by atoms with Gasteiger partial charge in [0.05, 0.1) is 7.11 Å². The molecule has 0 spiro atoms. The molecule has 0 atom stereocenters. The van der Waals surface area contributed by atoms with Gasteiger partial charge in [-0.05, 0) is 80.2 Å². The number of likely N-dealkylation sites (tertiary alicyclic amines) is 1. The number of fused-ring (bicyclic) bond motifs is 2. The van der Waals surface area contributed by atoms with Crippen LogP contribution in [-0.2, 0) is 0 Å². The molecule has 164 valence electrons. The van der Waals surface area contributed by atoms with Gasteiger partial charge in [-0.25, -0.2) is 0 Å². The van der Waals surface area contributed by atoms with Crippen LogP contribution in [0.15, 0.2) is 42.5 Å². The third kappa shape index (κ3) is 4.06. The van der Waals surface area contributed by atoms with E-state index in [2.05, 4.69) is 66.1 Å². The van der Waals surface area contributed by atoms with Crippen molar-refractivity contribution in [2.75, 3.05) is 33.3 Å². The fourth-order valence-electron chi connectivity index (χ4n) is 5.33. The van der Waals surface area contributed by atoms with Crippen molar-refractivity contribution >= 4 is 11.3 Å². The molecule has 0 radical (unpaired) electrons. The molecule has 0 N–H and O–H groups in total. The lowest BCUT2D eigenvalue weighted by atomic mass is 9.97. The highest BCUT2D eigenvalue weighted by Crippen LogP contribution is 2.28. The standard InChI is InChI=1S/C27H34N2O2/c1-19(2)28-15-12-22(13-16-28)31-23-10-11-24-25(17-23)27-5-4-14-29(27)18-26(24)20-6-8-21(30-3)9-7-20/h6-11,17,19,22H,4-5,12-16,18H2,1-3H3. The molecular weight excluding hydrogens is 384 g/mol. The molecule has 0 unspecified atom stereocenters. The maximum Gasteiger partial charge on any atom is 0.120 e. The van der Waals surface area contributed by atoms with Crippen molar-refractivity contribution in [3.05, 3.63) is 58.5 Å². The monoisotopic (exact) mass is 418 g/mol. The molecular formula is C27H34N2O2. The third-order valence-electron chi connectivity index (χ3n) is 7.15. The Morgan fingerprint density at radius 1 is 0.903 bits per heavy atom. The Morgan fingerprint density at radius 3 is 2.35 bits per heavy atom. The maximum absolute atomic E-state index is 6.48. The first-order chi connectivity index (χ1) is 15.1. The van der Waals surface area contributed by atoms with Crippen molar-refractivity contribution in [3.63, 3.8) is 0 Å². The van der Waals surface area contributed by atoms with Crippen LogP contribution in [0.5, 0.6) is 11.5 Å². The summed E-state index contributed by atoms with van der Waals surface area (Å²) >= 11 is 0. The van der Waals surface area contributed by atoms with Crippen molar-refractivity contribution in [1.29, 1.82) is 0 Å². The van der Waals surface area contributed by atoms with E-state index in [-0.39, 0.29) is 0 Å². The molecule has 4 nitrogen and oxygen atoms in total. The number of methoxy groups -OCH3 is 1. The van der Waals surface area contributed by atoms with Crippen molar-refractivity contribution < 1.29 is 9.47 Å². The normalized spacial score (nSPS) is 19.5. The van der Waals surface area contributed by atoms with E-state index in [0.717, 1.165) is 50.5 Å². The first-order valence-electron chi connectivity index (χ1n) is 11.8. The van der Waals surface area contributed by atoms with Gasteiger partial charge >= 0.3 is 0 Å². The number of ether oxygens (including phenoxy) is 2. The lowest BCUT2D eigenvalue weighted by molar-refractivity contribution is 0.0842. The Morgan fingerprint density at radius 2 is 1.65 bits per heavy atom. The highest BCUT2D eigenvalue weighted by atomic mass is 16.5. The van der Waals surface area contributed by atoms with E-state index in [0.29, 0.717) is 12.1 Å². The molecule has 31 heavy (non-hydrogen) atoms. The predicted octanol–water partition coefficient (Wildman–Crippen LogP) is 3.36. The second-order valence-corrected chi connectivity index (χ2v) is 9.33. The van der Waals surface area contributed by atoms with Gasteiger partial charge in [0, 0.05) is 43.1 Å². The summed E-state index contributed by atoms with van der Waals surface area (Å²) in [6.45, 7) is 8.97. The maximum atomic E-state index is 6.48. The van der Waals surface area contributed by atoms with Gasteiger partial charge in [-0.1, -0.05) is 18.2 Å². The van der Waals surface area contributed by atoms with E-state index < -0.39 is 0 Å². The van der Waals surface area contributed by atoms with Crippen molar-refractivity contribution in [3.8, 4) is 11.5 Å². The predicted molar refractivity (Wildman–Crippen MR) is 126 cm³/mol. The first kappa shape index (κ1) is 20.4. The fraction of sp³-hybridized carbons (Fsp3) is 0.481. The Labute approximate surface area is 185 Å². The number of piperidine rings is 1. The zero-order chi connectivity index (χ0) is 21.4. The summed E-state index contributed by atoms with van der Waals surface area (Å²) in [6.07, 6.45) is 4.96. The van der Waals surface area contributed by atoms with E-state index in [4.69, 9.17) is 9.47 Å². The summed E-state index contributed by atoms with van der Waals surface area (Å²) in [7, 11) is 1.72. The van der Waals surface area contributed by atoms with E-state index in [1.807, 2.05) is 0 Å². The van der Waals surface area contributed by atoms with Crippen LogP contribution in [0.2, 0.25) is 0 Å². The van der Waals surface area contributed by atoms with Crippen LogP contribution in [0, 0.1) is 0 Å². The SMILES string of the molecule is COc1ccc(C2=c3ccc(OC4CCN(C(C)C)CC4)cc3=C3CCCN3C2)cc1. The summed E-state index contributed by atoms with van der Waals surface area (Å²) in [6, 6.07) is 15.9. The lowest BCUT2D eigenvalue weighted by Gasteiger charge is -2.34. The molecule has 5 rings (SSSR count). The van der Waals surface area contributed by atoms with Crippen LogP contribution in [0.25, 0.3) is 11.3 Å². The van der Waals surface area contributed by atoms with Gasteiger partial charge < -0.3 is 19.3 Å². The van der Waals surface area contributed by atoms with Crippen molar-refractivity contribution in [1.82, 2.24) is 9.80 Å². The van der Waals surface area contributed by atoms with Crippen LogP contribution in [-0.4, -0.2) is 55.2 Å². The summed E-state index contributed by atoms with van der Waals surface area (Å²) < 4.78 is 11.8. The van der Waals surface area contributed by atoms with Crippen molar-refractivity contribution in [2.45, 2.75) is 51.7 Å². The Bertz CT molecular complexity index is 1050. The fourth-order valence-corrected chi connectivity index (χ4v) is 5.33. The quantitative estimate of drug-likeness (QED) is 0.743. The van der Waals surface area contributed by atoms with Gasteiger partial charge in [0.25, 0.3) is 0 Å². The number of rotatable bonds is 5. The highest BCUT2D eigenvalue weighted by Gasteiger charge is 2.25. The topological polar surface area (TPSA) is 24.9 Å². The van der Waals surface area contributed by atoms with E-state index in [9.17, 15) is 0 Å². The summed E-state index contributed by atoms with van der Waals surface area (Å²) in [4.78, 5) is 5.11. The molecule has 2 aromatic rings. The lowest BCUT2D eigenvalue weighted by Crippen LogP contribution is -2.42. The second kappa shape index (κ2) is 8.58. The molecule has 0 aliphatic carbocycles.